The highest BCUT2D eigenvalue weighted by Crippen LogP contribution is 2.31. The van der Waals surface area contributed by atoms with Crippen molar-refractivity contribution in [3.8, 4) is 5.75 Å². The van der Waals surface area contributed by atoms with Crippen LogP contribution in [0.2, 0.25) is 0 Å². The van der Waals surface area contributed by atoms with Gasteiger partial charge in [-0.1, -0.05) is 0 Å². The van der Waals surface area contributed by atoms with Gasteiger partial charge >= 0.3 is 0 Å². The summed E-state index contributed by atoms with van der Waals surface area (Å²) in [6.45, 7) is 2.72. The van der Waals surface area contributed by atoms with Gasteiger partial charge in [0.25, 0.3) is 0 Å². The summed E-state index contributed by atoms with van der Waals surface area (Å²) < 4.78 is 5.73. The lowest BCUT2D eigenvalue weighted by Gasteiger charge is -2.26. The summed E-state index contributed by atoms with van der Waals surface area (Å²) >= 11 is 0. The number of nitrogens with zero attached hydrogens (tertiary/aromatic N) is 3. The lowest BCUT2D eigenvalue weighted by Crippen LogP contribution is -2.35. The van der Waals surface area contributed by atoms with Crippen molar-refractivity contribution in [3.63, 3.8) is 0 Å². The zero-order chi connectivity index (χ0) is 19.6. The van der Waals surface area contributed by atoms with Crippen molar-refractivity contribution < 1.29 is 19.1 Å². The number of nitrogens with one attached hydrogen (secondary N) is 1. The van der Waals surface area contributed by atoms with Crippen molar-refractivity contribution >= 4 is 29.4 Å². The van der Waals surface area contributed by atoms with Gasteiger partial charge in [-0.2, -0.15) is 0 Å². The van der Waals surface area contributed by atoms with Crippen LogP contribution in [0.3, 0.4) is 0 Å². The largest absolute Gasteiger partial charge is 0.494 e. The highest BCUT2D eigenvalue weighted by molar-refractivity contribution is 6.07. The Balaban J connectivity index is 1.52. The first-order valence-electron chi connectivity index (χ1n) is 8.79. The second-order valence-electron chi connectivity index (χ2n) is 6.69. The first-order valence-corrected chi connectivity index (χ1v) is 8.79. The SMILES string of the molecule is CC1C(=O)NC2=Nc3ccc(OCCCC(=O)N(C)CC(N)=O)cc3CN21. The minimum absolute atomic E-state index is 0.0519. The van der Waals surface area contributed by atoms with E-state index in [0.29, 0.717) is 31.3 Å². The summed E-state index contributed by atoms with van der Waals surface area (Å²) in [5.74, 6) is 0.545. The summed E-state index contributed by atoms with van der Waals surface area (Å²) in [5, 5.41) is 2.78. The maximum atomic E-state index is 11.9. The topological polar surface area (TPSA) is 117 Å². The molecule has 0 aromatic heterocycles. The fourth-order valence-corrected chi connectivity index (χ4v) is 3.03. The molecule has 3 amide bonds. The third kappa shape index (κ3) is 4.18. The van der Waals surface area contributed by atoms with Crippen LogP contribution >= 0.6 is 0 Å². The molecule has 0 saturated carbocycles. The van der Waals surface area contributed by atoms with Gasteiger partial charge in [0.2, 0.25) is 23.7 Å². The smallest absolute Gasteiger partial charge is 0.249 e. The Morgan fingerprint density at radius 1 is 1.44 bits per heavy atom. The molecule has 2 aliphatic rings. The van der Waals surface area contributed by atoms with Gasteiger partial charge in [-0.3, -0.25) is 19.7 Å². The molecule has 9 heteroatoms. The van der Waals surface area contributed by atoms with Crippen LogP contribution < -0.4 is 15.8 Å². The molecule has 144 valence electrons. The van der Waals surface area contributed by atoms with Gasteiger partial charge in [-0.05, 0) is 31.5 Å². The Kier molecular flexibility index (Phi) is 5.29. The average Bonchev–Trinajstić information content (AvgIpc) is 2.89. The van der Waals surface area contributed by atoms with Crippen molar-refractivity contribution in [1.82, 2.24) is 15.1 Å². The van der Waals surface area contributed by atoms with Crippen LogP contribution in [0, 0.1) is 0 Å². The number of ether oxygens (including phenoxy) is 1. The van der Waals surface area contributed by atoms with Crippen LogP contribution in [-0.4, -0.2) is 59.7 Å². The number of guanidine groups is 1. The Morgan fingerprint density at radius 3 is 2.96 bits per heavy atom. The number of carbonyl (C=O) groups is 3. The lowest BCUT2D eigenvalue weighted by molar-refractivity contribution is -0.134. The van der Waals surface area contributed by atoms with Crippen LogP contribution in [-0.2, 0) is 20.9 Å². The lowest BCUT2D eigenvalue weighted by atomic mass is 10.1. The molecule has 1 aromatic rings. The zero-order valence-electron chi connectivity index (χ0n) is 15.4. The molecule has 1 fully saturated rings. The van der Waals surface area contributed by atoms with Crippen molar-refractivity contribution in [2.24, 2.45) is 10.7 Å². The normalized spacial score (nSPS) is 17.6. The minimum Gasteiger partial charge on any atom is -0.494 e. The van der Waals surface area contributed by atoms with E-state index in [-0.39, 0.29) is 30.8 Å². The van der Waals surface area contributed by atoms with Gasteiger partial charge in [0.1, 0.15) is 11.8 Å². The molecule has 2 aliphatic heterocycles. The van der Waals surface area contributed by atoms with Gasteiger partial charge in [-0.25, -0.2) is 4.99 Å². The number of fused-ring (bicyclic) bond motifs is 2. The molecular weight excluding hydrogens is 350 g/mol. The van der Waals surface area contributed by atoms with Crippen molar-refractivity contribution in [2.45, 2.75) is 32.4 Å². The molecule has 27 heavy (non-hydrogen) atoms. The number of rotatable bonds is 7. The third-order valence-corrected chi connectivity index (χ3v) is 4.59. The second-order valence-corrected chi connectivity index (χ2v) is 6.69. The number of amides is 3. The summed E-state index contributed by atoms with van der Waals surface area (Å²) in [6.07, 6.45) is 0.810. The van der Waals surface area contributed by atoms with Crippen LogP contribution in [0.4, 0.5) is 5.69 Å². The number of benzene rings is 1. The molecule has 3 N–H and O–H groups in total. The van der Waals surface area contributed by atoms with Crippen molar-refractivity contribution in [1.29, 1.82) is 0 Å². The molecule has 3 rings (SSSR count). The molecule has 0 aliphatic carbocycles. The molecule has 0 radical (unpaired) electrons. The monoisotopic (exact) mass is 373 g/mol. The first-order chi connectivity index (χ1) is 12.8. The number of carbonyl (C=O) groups excluding carboxylic acids is 3. The molecule has 2 heterocycles. The molecule has 1 atom stereocenters. The maximum absolute atomic E-state index is 11.9. The van der Waals surface area contributed by atoms with Gasteiger partial charge in [0.15, 0.2) is 0 Å². The van der Waals surface area contributed by atoms with Gasteiger partial charge in [0, 0.05) is 25.6 Å². The number of hydrogen-bond donors (Lipinski definition) is 2. The fourth-order valence-electron chi connectivity index (χ4n) is 3.03. The molecular formula is C18H23N5O4. The van der Waals surface area contributed by atoms with E-state index in [1.807, 2.05) is 30.0 Å². The van der Waals surface area contributed by atoms with E-state index in [0.717, 1.165) is 11.3 Å². The highest BCUT2D eigenvalue weighted by Gasteiger charge is 2.35. The third-order valence-electron chi connectivity index (χ3n) is 4.59. The number of hydrogen-bond acceptors (Lipinski definition) is 6. The van der Waals surface area contributed by atoms with E-state index in [1.165, 1.54) is 4.90 Å². The number of nitrogens with two attached hydrogens (primary N) is 1. The number of likely N-dealkylation sites (N-methyl/N-ethyl adjacent to an activating group) is 1. The van der Waals surface area contributed by atoms with Crippen LogP contribution in [0.25, 0.3) is 0 Å². The fraction of sp³-hybridized carbons (Fsp3) is 0.444. The highest BCUT2D eigenvalue weighted by atomic mass is 16.5. The Bertz CT molecular complexity index is 807. The van der Waals surface area contributed by atoms with Crippen LogP contribution in [0.5, 0.6) is 5.75 Å². The number of aliphatic imine (C=N–C) groups is 1. The summed E-state index contributed by atoms with van der Waals surface area (Å²) in [4.78, 5) is 42.2. The molecule has 0 bridgehead atoms. The standard InChI is InChI=1S/C18H23N5O4/c1-11-17(26)21-18-20-14-6-5-13(8-12(14)9-23(11)18)27-7-3-4-16(25)22(2)10-15(19)24/h5-6,8,11H,3-4,7,9-10H2,1-2H3,(H2,19,24)(H,20,21,26). The molecule has 1 saturated heterocycles. The predicted molar refractivity (Wildman–Crippen MR) is 98.2 cm³/mol. The maximum Gasteiger partial charge on any atom is 0.249 e. The van der Waals surface area contributed by atoms with Gasteiger partial charge in [0.05, 0.1) is 18.8 Å². The zero-order valence-corrected chi connectivity index (χ0v) is 15.4. The van der Waals surface area contributed by atoms with Crippen LogP contribution in [0.15, 0.2) is 23.2 Å². The molecule has 0 spiro atoms. The van der Waals surface area contributed by atoms with E-state index >= 15 is 0 Å². The van der Waals surface area contributed by atoms with Crippen molar-refractivity contribution in [3.05, 3.63) is 23.8 Å². The quantitative estimate of drug-likeness (QED) is 0.658. The van der Waals surface area contributed by atoms with Gasteiger partial charge < -0.3 is 20.3 Å². The predicted octanol–water partition coefficient (Wildman–Crippen LogP) is 0.111. The average molecular weight is 373 g/mol. The van der Waals surface area contributed by atoms with E-state index in [2.05, 4.69) is 10.3 Å². The summed E-state index contributed by atoms with van der Waals surface area (Å²) in [5.41, 5.74) is 6.87. The second kappa shape index (κ2) is 7.65. The minimum atomic E-state index is -0.536. The number of primary amides is 1. The first kappa shape index (κ1) is 18.7. The summed E-state index contributed by atoms with van der Waals surface area (Å²) in [6, 6.07) is 5.34. The van der Waals surface area contributed by atoms with E-state index < -0.39 is 5.91 Å². The molecule has 1 aromatic carbocycles. The van der Waals surface area contributed by atoms with E-state index in [1.54, 1.807) is 7.05 Å². The Hall–Kier alpha value is -3.10. The van der Waals surface area contributed by atoms with Crippen molar-refractivity contribution in [2.75, 3.05) is 20.2 Å². The van der Waals surface area contributed by atoms with Crippen LogP contribution in [0.1, 0.15) is 25.3 Å². The van der Waals surface area contributed by atoms with E-state index in [4.69, 9.17) is 10.5 Å². The molecule has 9 nitrogen and oxygen atoms in total. The Morgan fingerprint density at radius 2 is 2.22 bits per heavy atom. The Labute approximate surface area is 157 Å². The molecule has 1 unspecified atom stereocenters. The van der Waals surface area contributed by atoms with E-state index in [9.17, 15) is 14.4 Å². The van der Waals surface area contributed by atoms with Gasteiger partial charge in [-0.15, -0.1) is 0 Å². The summed E-state index contributed by atoms with van der Waals surface area (Å²) in [7, 11) is 1.55.